The van der Waals surface area contributed by atoms with E-state index in [1.165, 1.54) is 11.8 Å². The predicted molar refractivity (Wildman–Crippen MR) is 99.4 cm³/mol. The Bertz CT molecular complexity index is 893. The SMILES string of the molecule is CS(=O)(=O)c1ccc(CN2CCC[C@H]2c2ccc3c(c2)OCCO3)cc1. The lowest BCUT2D eigenvalue weighted by Crippen LogP contribution is -2.23. The number of hydrogen-bond donors (Lipinski definition) is 0. The lowest BCUT2D eigenvalue weighted by molar-refractivity contribution is 0.170. The normalized spacial score (nSPS) is 20.3. The summed E-state index contributed by atoms with van der Waals surface area (Å²) >= 11 is 0. The zero-order chi connectivity index (χ0) is 18.1. The Morgan fingerprint density at radius 3 is 2.50 bits per heavy atom. The highest BCUT2D eigenvalue weighted by Crippen LogP contribution is 2.38. The van der Waals surface area contributed by atoms with Crippen LogP contribution in [0.2, 0.25) is 0 Å². The lowest BCUT2D eigenvalue weighted by Gasteiger charge is -2.26. The maximum absolute atomic E-state index is 11.6. The van der Waals surface area contributed by atoms with Crippen LogP contribution in [-0.2, 0) is 16.4 Å². The first kappa shape index (κ1) is 17.4. The molecule has 2 heterocycles. The molecule has 0 unspecified atom stereocenters. The van der Waals surface area contributed by atoms with Gasteiger partial charge in [0.1, 0.15) is 13.2 Å². The van der Waals surface area contributed by atoms with Crippen molar-refractivity contribution in [3.63, 3.8) is 0 Å². The predicted octanol–water partition coefficient (Wildman–Crippen LogP) is 3.20. The summed E-state index contributed by atoms with van der Waals surface area (Å²) in [4.78, 5) is 2.81. The van der Waals surface area contributed by atoms with Crippen molar-refractivity contribution in [1.29, 1.82) is 0 Å². The van der Waals surface area contributed by atoms with Crippen LogP contribution in [0.1, 0.15) is 30.0 Å². The second kappa shape index (κ2) is 6.93. The Hall–Kier alpha value is -2.05. The van der Waals surface area contributed by atoms with E-state index in [9.17, 15) is 8.42 Å². The van der Waals surface area contributed by atoms with E-state index in [1.54, 1.807) is 12.1 Å². The molecule has 2 aromatic carbocycles. The van der Waals surface area contributed by atoms with E-state index in [-0.39, 0.29) is 0 Å². The molecule has 0 bridgehead atoms. The summed E-state index contributed by atoms with van der Waals surface area (Å²) in [5.74, 6) is 1.65. The Balaban J connectivity index is 1.52. The van der Waals surface area contributed by atoms with Crippen molar-refractivity contribution in [3.8, 4) is 11.5 Å². The molecule has 138 valence electrons. The van der Waals surface area contributed by atoms with Crippen LogP contribution in [0.3, 0.4) is 0 Å². The Labute approximate surface area is 154 Å². The molecule has 0 saturated carbocycles. The minimum Gasteiger partial charge on any atom is -0.486 e. The van der Waals surface area contributed by atoms with Crippen LogP contribution < -0.4 is 9.47 Å². The molecule has 1 fully saturated rings. The second-order valence-corrected chi connectivity index (χ2v) is 8.96. The second-order valence-electron chi connectivity index (χ2n) is 6.95. The third-order valence-electron chi connectivity index (χ3n) is 5.05. The monoisotopic (exact) mass is 373 g/mol. The van der Waals surface area contributed by atoms with Gasteiger partial charge in [0.25, 0.3) is 0 Å². The van der Waals surface area contributed by atoms with Gasteiger partial charge in [0, 0.05) is 18.8 Å². The molecule has 4 rings (SSSR count). The molecule has 26 heavy (non-hydrogen) atoms. The number of hydrogen-bond acceptors (Lipinski definition) is 5. The van der Waals surface area contributed by atoms with Crippen molar-refractivity contribution in [2.45, 2.75) is 30.3 Å². The third-order valence-corrected chi connectivity index (χ3v) is 6.18. The van der Waals surface area contributed by atoms with Crippen LogP contribution in [0.4, 0.5) is 0 Å². The van der Waals surface area contributed by atoms with Gasteiger partial charge in [0.15, 0.2) is 21.3 Å². The quantitative estimate of drug-likeness (QED) is 0.824. The van der Waals surface area contributed by atoms with Crippen LogP contribution in [0, 0.1) is 0 Å². The average Bonchev–Trinajstić information content (AvgIpc) is 3.09. The molecule has 0 amide bonds. The fourth-order valence-corrected chi connectivity index (χ4v) is 4.37. The van der Waals surface area contributed by atoms with E-state index in [2.05, 4.69) is 17.0 Å². The maximum atomic E-state index is 11.6. The fourth-order valence-electron chi connectivity index (χ4n) is 3.74. The van der Waals surface area contributed by atoms with Gasteiger partial charge in [0.05, 0.1) is 4.90 Å². The topological polar surface area (TPSA) is 55.8 Å². The van der Waals surface area contributed by atoms with E-state index in [1.807, 2.05) is 18.2 Å². The van der Waals surface area contributed by atoms with Crippen LogP contribution in [-0.4, -0.2) is 39.3 Å². The zero-order valence-electron chi connectivity index (χ0n) is 14.8. The fraction of sp³-hybridized carbons (Fsp3) is 0.400. The van der Waals surface area contributed by atoms with Gasteiger partial charge >= 0.3 is 0 Å². The number of ether oxygens (including phenoxy) is 2. The Morgan fingerprint density at radius 1 is 1.04 bits per heavy atom. The Kier molecular flexibility index (Phi) is 4.63. The van der Waals surface area contributed by atoms with E-state index in [4.69, 9.17) is 9.47 Å². The molecule has 2 aliphatic rings. The Morgan fingerprint density at radius 2 is 1.77 bits per heavy atom. The summed E-state index contributed by atoms with van der Waals surface area (Å²) < 4.78 is 34.6. The van der Waals surface area contributed by atoms with Gasteiger partial charge in [-0.1, -0.05) is 18.2 Å². The molecule has 0 aromatic heterocycles. The van der Waals surface area contributed by atoms with Gasteiger partial charge in [-0.15, -0.1) is 0 Å². The summed E-state index contributed by atoms with van der Waals surface area (Å²) in [6, 6.07) is 13.8. The highest BCUT2D eigenvalue weighted by Gasteiger charge is 2.27. The summed E-state index contributed by atoms with van der Waals surface area (Å²) in [5, 5.41) is 0. The first-order valence-electron chi connectivity index (χ1n) is 8.93. The number of benzene rings is 2. The number of nitrogens with zero attached hydrogens (tertiary/aromatic N) is 1. The number of likely N-dealkylation sites (tertiary alicyclic amines) is 1. The maximum Gasteiger partial charge on any atom is 0.175 e. The highest BCUT2D eigenvalue weighted by molar-refractivity contribution is 7.90. The van der Waals surface area contributed by atoms with E-state index >= 15 is 0 Å². The largest absolute Gasteiger partial charge is 0.486 e. The summed E-state index contributed by atoms with van der Waals surface area (Å²) in [7, 11) is -3.15. The molecule has 0 spiro atoms. The first-order chi connectivity index (χ1) is 12.5. The van der Waals surface area contributed by atoms with Crippen molar-refractivity contribution in [3.05, 3.63) is 53.6 Å². The number of rotatable bonds is 4. The number of sulfone groups is 1. The molecule has 6 heteroatoms. The number of fused-ring (bicyclic) bond motifs is 1. The molecule has 5 nitrogen and oxygen atoms in total. The van der Waals surface area contributed by atoms with Gasteiger partial charge in [-0.25, -0.2) is 8.42 Å². The van der Waals surface area contributed by atoms with Crippen molar-refractivity contribution < 1.29 is 17.9 Å². The molecule has 0 N–H and O–H groups in total. The van der Waals surface area contributed by atoms with Crippen LogP contribution in [0.5, 0.6) is 11.5 Å². The molecular weight excluding hydrogens is 350 g/mol. The van der Waals surface area contributed by atoms with E-state index in [0.717, 1.165) is 43.0 Å². The van der Waals surface area contributed by atoms with Gasteiger partial charge < -0.3 is 9.47 Å². The molecule has 1 atom stereocenters. The third kappa shape index (κ3) is 3.57. The highest BCUT2D eigenvalue weighted by atomic mass is 32.2. The standard InChI is InChI=1S/C20H23NO4S/c1-26(22,23)17-7-4-15(5-8-17)14-21-10-2-3-18(21)16-6-9-19-20(13-16)25-12-11-24-19/h4-9,13,18H,2-3,10-12,14H2,1H3/t18-/m0/s1. The van der Waals surface area contributed by atoms with Gasteiger partial charge in [-0.3, -0.25) is 4.90 Å². The molecular formula is C20H23NO4S. The smallest absolute Gasteiger partial charge is 0.175 e. The molecule has 2 aromatic rings. The van der Waals surface area contributed by atoms with Crippen molar-refractivity contribution in [1.82, 2.24) is 4.90 Å². The van der Waals surface area contributed by atoms with Crippen molar-refractivity contribution in [2.24, 2.45) is 0 Å². The summed E-state index contributed by atoms with van der Waals surface area (Å²) in [5.41, 5.74) is 2.38. The molecule has 0 radical (unpaired) electrons. The van der Waals surface area contributed by atoms with Crippen molar-refractivity contribution >= 4 is 9.84 Å². The average molecular weight is 373 g/mol. The lowest BCUT2D eigenvalue weighted by atomic mass is 10.0. The molecule has 0 aliphatic carbocycles. The van der Waals surface area contributed by atoms with Gasteiger partial charge in [-0.05, 0) is 54.8 Å². The van der Waals surface area contributed by atoms with Gasteiger partial charge in [0.2, 0.25) is 0 Å². The minimum atomic E-state index is -3.15. The van der Waals surface area contributed by atoms with Crippen LogP contribution in [0.25, 0.3) is 0 Å². The summed E-state index contributed by atoms with van der Waals surface area (Å²) in [6.45, 7) is 3.04. The zero-order valence-corrected chi connectivity index (χ0v) is 15.7. The van der Waals surface area contributed by atoms with Crippen molar-refractivity contribution in [2.75, 3.05) is 26.0 Å². The molecule has 1 saturated heterocycles. The van der Waals surface area contributed by atoms with E-state index in [0.29, 0.717) is 24.2 Å². The van der Waals surface area contributed by atoms with Crippen LogP contribution in [0.15, 0.2) is 47.4 Å². The van der Waals surface area contributed by atoms with E-state index < -0.39 is 9.84 Å². The minimum absolute atomic E-state index is 0.348. The first-order valence-corrected chi connectivity index (χ1v) is 10.8. The van der Waals surface area contributed by atoms with Crippen LogP contribution >= 0.6 is 0 Å². The summed E-state index contributed by atoms with van der Waals surface area (Å²) in [6.07, 6.45) is 3.50. The van der Waals surface area contributed by atoms with Gasteiger partial charge in [-0.2, -0.15) is 0 Å². The molecule has 2 aliphatic heterocycles.